The van der Waals surface area contributed by atoms with E-state index >= 15 is 0 Å². The lowest BCUT2D eigenvalue weighted by molar-refractivity contribution is -0.113. The molecule has 0 radical (unpaired) electrons. The smallest absolute Gasteiger partial charge is 0.234 e. The Morgan fingerprint density at radius 2 is 1.77 bits per heavy atom. The molecule has 2 heterocycles. The largest absolute Gasteiger partial charge is 0.497 e. The summed E-state index contributed by atoms with van der Waals surface area (Å²) in [5.74, 6) is 1.26. The van der Waals surface area contributed by atoms with Gasteiger partial charge >= 0.3 is 0 Å². The van der Waals surface area contributed by atoms with Crippen LogP contribution in [0.5, 0.6) is 11.5 Å². The molecular formula is C22H22N4O3S. The monoisotopic (exact) mass is 422 g/mol. The number of amides is 1. The standard InChI is InChI=1S/C22H22N4O3S/c1-13-5-6-15-8-14(2)21-24-25-22(26(21)19(15)7-13)30-12-20(27)23-16-9-17(28-3)11-18(10-16)29-4/h5-11H,12H2,1-4H3,(H,23,27). The lowest BCUT2D eigenvalue weighted by Crippen LogP contribution is -2.14. The summed E-state index contributed by atoms with van der Waals surface area (Å²) in [6.45, 7) is 4.07. The molecule has 0 saturated heterocycles. The molecule has 0 fully saturated rings. The van der Waals surface area contributed by atoms with Crippen LogP contribution in [0.4, 0.5) is 5.69 Å². The highest BCUT2D eigenvalue weighted by atomic mass is 32.2. The Labute approximate surface area is 178 Å². The number of fused-ring (bicyclic) bond motifs is 3. The van der Waals surface area contributed by atoms with E-state index in [9.17, 15) is 4.79 Å². The van der Waals surface area contributed by atoms with Gasteiger partial charge in [0.1, 0.15) is 11.5 Å². The first-order valence-corrected chi connectivity index (χ1v) is 10.4. The zero-order chi connectivity index (χ0) is 21.3. The summed E-state index contributed by atoms with van der Waals surface area (Å²) < 4.78 is 12.5. The molecule has 0 bridgehead atoms. The molecule has 1 amide bonds. The fraction of sp³-hybridized carbons (Fsp3) is 0.227. The first-order valence-electron chi connectivity index (χ1n) is 9.39. The van der Waals surface area contributed by atoms with Crippen LogP contribution in [0.25, 0.3) is 16.6 Å². The van der Waals surface area contributed by atoms with Gasteiger partial charge in [-0.05, 0) is 42.5 Å². The molecule has 0 saturated carbocycles. The van der Waals surface area contributed by atoms with Crippen LogP contribution in [-0.4, -0.2) is 40.5 Å². The average molecular weight is 423 g/mol. The highest BCUT2D eigenvalue weighted by Gasteiger charge is 2.14. The molecule has 1 N–H and O–H groups in total. The van der Waals surface area contributed by atoms with E-state index < -0.39 is 0 Å². The zero-order valence-electron chi connectivity index (χ0n) is 17.2. The van der Waals surface area contributed by atoms with Gasteiger partial charge in [0.15, 0.2) is 10.8 Å². The van der Waals surface area contributed by atoms with Crippen molar-refractivity contribution < 1.29 is 14.3 Å². The maximum absolute atomic E-state index is 12.6. The highest BCUT2D eigenvalue weighted by Crippen LogP contribution is 2.28. The van der Waals surface area contributed by atoms with E-state index in [-0.39, 0.29) is 11.7 Å². The molecule has 7 nitrogen and oxygen atoms in total. The summed E-state index contributed by atoms with van der Waals surface area (Å²) in [5.41, 5.74) is 4.63. The van der Waals surface area contributed by atoms with E-state index in [0.717, 1.165) is 27.7 Å². The van der Waals surface area contributed by atoms with Crippen molar-refractivity contribution in [3.05, 3.63) is 53.6 Å². The van der Waals surface area contributed by atoms with Crippen molar-refractivity contribution in [1.82, 2.24) is 14.6 Å². The van der Waals surface area contributed by atoms with Gasteiger partial charge in [0.25, 0.3) is 0 Å². The minimum Gasteiger partial charge on any atom is -0.497 e. The van der Waals surface area contributed by atoms with Crippen molar-refractivity contribution in [2.45, 2.75) is 19.0 Å². The van der Waals surface area contributed by atoms with Crippen LogP contribution in [0.2, 0.25) is 0 Å². The highest BCUT2D eigenvalue weighted by molar-refractivity contribution is 7.99. The molecule has 0 aliphatic heterocycles. The Morgan fingerprint density at radius 1 is 1.03 bits per heavy atom. The van der Waals surface area contributed by atoms with Crippen LogP contribution < -0.4 is 14.8 Å². The van der Waals surface area contributed by atoms with Gasteiger partial charge in [-0.1, -0.05) is 23.9 Å². The van der Waals surface area contributed by atoms with Crippen molar-refractivity contribution in [3.8, 4) is 11.5 Å². The van der Waals surface area contributed by atoms with Crippen molar-refractivity contribution >= 4 is 39.9 Å². The van der Waals surface area contributed by atoms with E-state index in [1.54, 1.807) is 32.4 Å². The Bertz CT molecular complexity index is 1230. The molecule has 154 valence electrons. The van der Waals surface area contributed by atoms with Crippen LogP contribution in [0.15, 0.2) is 47.6 Å². The number of pyridine rings is 1. The summed E-state index contributed by atoms with van der Waals surface area (Å²) in [4.78, 5) is 12.6. The van der Waals surface area contributed by atoms with Crippen molar-refractivity contribution in [1.29, 1.82) is 0 Å². The second-order valence-electron chi connectivity index (χ2n) is 6.97. The first kappa shape index (κ1) is 20.0. The molecule has 0 atom stereocenters. The van der Waals surface area contributed by atoms with E-state index in [1.165, 1.54) is 11.8 Å². The number of ether oxygens (including phenoxy) is 2. The predicted octanol–water partition coefficient (Wildman–Crippen LogP) is 4.25. The quantitative estimate of drug-likeness (QED) is 0.468. The number of hydrogen-bond donors (Lipinski definition) is 1. The van der Waals surface area contributed by atoms with Gasteiger partial charge in [0.05, 0.1) is 25.5 Å². The molecule has 4 aromatic rings. The van der Waals surface area contributed by atoms with E-state index in [2.05, 4.69) is 46.7 Å². The van der Waals surface area contributed by atoms with Crippen molar-refractivity contribution in [2.24, 2.45) is 0 Å². The van der Waals surface area contributed by atoms with Crippen LogP contribution >= 0.6 is 11.8 Å². The Balaban J connectivity index is 1.57. The third kappa shape index (κ3) is 3.91. The van der Waals surface area contributed by atoms with Gasteiger partial charge in [-0.2, -0.15) is 0 Å². The van der Waals surface area contributed by atoms with Gasteiger partial charge in [-0.15, -0.1) is 10.2 Å². The van der Waals surface area contributed by atoms with E-state index in [1.807, 2.05) is 11.3 Å². The van der Waals surface area contributed by atoms with Crippen LogP contribution in [-0.2, 0) is 4.79 Å². The van der Waals surface area contributed by atoms with Crippen LogP contribution in [0.3, 0.4) is 0 Å². The number of thioether (sulfide) groups is 1. The predicted molar refractivity (Wildman–Crippen MR) is 119 cm³/mol. The molecule has 2 aromatic heterocycles. The third-order valence-electron chi connectivity index (χ3n) is 4.75. The van der Waals surface area contributed by atoms with Gasteiger partial charge in [-0.25, -0.2) is 0 Å². The minimum atomic E-state index is -0.153. The zero-order valence-corrected chi connectivity index (χ0v) is 18.0. The molecule has 0 aliphatic carbocycles. The number of aromatic nitrogens is 3. The number of methoxy groups -OCH3 is 2. The molecular weight excluding hydrogens is 400 g/mol. The Hall–Kier alpha value is -3.26. The van der Waals surface area contributed by atoms with Gasteiger partial charge in [0, 0.05) is 23.9 Å². The number of nitrogens with one attached hydrogen (secondary N) is 1. The van der Waals surface area contributed by atoms with Crippen molar-refractivity contribution in [3.63, 3.8) is 0 Å². The molecule has 2 aromatic carbocycles. The second kappa shape index (κ2) is 8.23. The number of hydrogen-bond acceptors (Lipinski definition) is 6. The number of benzene rings is 2. The summed E-state index contributed by atoms with van der Waals surface area (Å²) in [5, 5.41) is 13.3. The summed E-state index contributed by atoms with van der Waals surface area (Å²) in [6.07, 6.45) is 0. The number of carbonyl (C=O) groups is 1. The van der Waals surface area contributed by atoms with Gasteiger partial charge in [-0.3, -0.25) is 9.20 Å². The Morgan fingerprint density at radius 3 is 2.47 bits per heavy atom. The number of anilines is 1. The topological polar surface area (TPSA) is 77.8 Å². The first-order chi connectivity index (χ1) is 14.5. The number of carbonyl (C=O) groups excluding carboxylic acids is 1. The number of rotatable bonds is 6. The lowest BCUT2D eigenvalue weighted by atomic mass is 10.1. The molecule has 30 heavy (non-hydrogen) atoms. The lowest BCUT2D eigenvalue weighted by Gasteiger charge is -2.10. The fourth-order valence-electron chi connectivity index (χ4n) is 3.31. The van der Waals surface area contributed by atoms with Gasteiger partial charge < -0.3 is 14.8 Å². The number of nitrogens with zero attached hydrogens (tertiary/aromatic N) is 3. The van der Waals surface area contributed by atoms with Crippen LogP contribution in [0.1, 0.15) is 11.1 Å². The second-order valence-corrected chi connectivity index (χ2v) is 7.91. The van der Waals surface area contributed by atoms with E-state index in [0.29, 0.717) is 22.3 Å². The molecule has 8 heteroatoms. The molecule has 0 unspecified atom stereocenters. The summed E-state index contributed by atoms with van der Waals surface area (Å²) in [7, 11) is 3.14. The van der Waals surface area contributed by atoms with Crippen LogP contribution in [0, 0.1) is 13.8 Å². The van der Waals surface area contributed by atoms with Gasteiger partial charge in [0.2, 0.25) is 5.91 Å². The maximum atomic E-state index is 12.6. The normalized spacial score (nSPS) is 11.1. The SMILES string of the molecule is COc1cc(NC(=O)CSc2nnc3c(C)cc4ccc(C)cc4n23)cc(OC)c1. The minimum absolute atomic E-state index is 0.153. The fourth-order valence-corrected chi connectivity index (χ4v) is 4.05. The third-order valence-corrected chi connectivity index (χ3v) is 5.68. The summed E-state index contributed by atoms with van der Waals surface area (Å²) >= 11 is 1.35. The summed E-state index contributed by atoms with van der Waals surface area (Å²) in [6, 6.07) is 13.6. The maximum Gasteiger partial charge on any atom is 0.234 e. The molecule has 4 rings (SSSR count). The molecule has 0 aliphatic rings. The average Bonchev–Trinajstić information content (AvgIpc) is 3.17. The van der Waals surface area contributed by atoms with E-state index in [4.69, 9.17) is 9.47 Å². The van der Waals surface area contributed by atoms with Crippen molar-refractivity contribution in [2.75, 3.05) is 25.3 Å². The molecule has 0 spiro atoms. The number of aryl methyl sites for hydroxylation is 2. The Kier molecular flexibility index (Phi) is 5.50.